The van der Waals surface area contributed by atoms with E-state index in [9.17, 15) is 19.5 Å². The van der Waals surface area contributed by atoms with Crippen molar-refractivity contribution < 1.29 is 29.0 Å². The van der Waals surface area contributed by atoms with E-state index in [1.165, 1.54) is 18.1 Å². The summed E-state index contributed by atoms with van der Waals surface area (Å²) in [5.41, 5.74) is 3.48. The molecule has 3 aromatic rings. The number of aliphatic hydroxyl groups excluding tert-OH is 1. The molecule has 0 spiro atoms. The summed E-state index contributed by atoms with van der Waals surface area (Å²) >= 11 is 0. The number of hydrogen-bond acceptors (Lipinski definition) is 6. The maximum absolute atomic E-state index is 13.5. The number of amides is 1. The smallest absolute Gasteiger partial charge is 0.337 e. The molecular weight excluding hydrogens is 482 g/mol. The van der Waals surface area contributed by atoms with Gasteiger partial charge in [0.1, 0.15) is 11.5 Å². The number of ketones is 1. The molecule has 0 aliphatic carbocycles. The Balaban J connectivity index is 1.90. The van der Waals surface area contributed by atoms with Crippen molar-refractivity contribution >= 4 is 29.1 Å². The van der Waals surface area contributed by atoms with Gasteiger partial charge < -0.3 is 14.6 Å². The van der Waals surface area contributed by atoms with Crippen LogP contribution in [-0.2, 0) is 20.7 Å². The highest BCUT2D eigenvalue weighted by Gasteiger charge is 2.47. The van der Waals surface area contributed by atoms with Crippen molar-refractivity contribution in [2.75, 3.05) is 12.0 Å². The van der Waals surface area contributed by atoms with E-state index in [0.29, 0.717) is 22.6 Å². The van der Waals surface area contributed by atoms with E-state index < -0.39 is 23.7 Å². The van der Waals surface area contributed by atoms with E-state index in [2.05, 4.69) is 0 Å². The summed E-state index contributed by atoms with van der Waals surface area (Å²) in [6.07, 6.45) is 0.802. The highest BCUT2D eigenvalue weighted by Crippen LogP contribution is 2.42. The van der Waals surface area contributed by atoms with Crippen molar-refractivity contribution in [3.05, 3.63) is 100 Å². The third-order valence-corrected chi connectivity index (χ3v) is 6.50. The first kappa shape index (κ1) is 26.7. The summed E-state index contributed by atoms with van der Waals surface area (Å²) in [5, 5.41) is 11.4. The Kier molecular flexibility index (Phi) is 7.67. The summed E-state index contributed by atoms with van der Waals surface area (Å²) in [7, 11) is 1.27. The highest BCUT2D eigenvalue weighted by atomic mass is 16.5. The maximum atomic E-state index is 13.5. The van der Waals surface area contributed by atoms with Crippen LogP contribution in [0.3, 0.4) is 0 Å². The second-order valence-electron chi connectivity index (χ2n) is 9.45. The van der Waals surface area contributed by atoms with Gasteiger partial charge in [-0.15, -0.1) is 0 Å². The van der Waals surface area contributed by atoms with Crippen LogP contribution >= 0.6 is 0 Å². The Bertz CT molecular complexity index is 1420. The Hall–Kier alpha value is -4.39. The molecule has 1 N–H and O–H groups in total. The van der Waals surface area contributed by atoms with Crippen LogP contribution in [0.1, 0.15) is 59.4 Å². The maximum Gasteiger partial charge on any atom is 0.337 e. The van der Waals surface area contributed by atoms with Crippen molar-refractivity contribution in [1.29, 1.82) is 0 Å². The van der Waals surface area contributed by atoms with Gasteiger partial charge in [-0.05, 0) is 80.3 Å². The monoisotopic (exact) mass is 513 g/mol. The summed E-state index contributed by atoms with van der Waals surface area (Å²) in [5.74, 6) is -1.78. The van der Waals surface area contributed by atoms with Gasteiger partial charge in [-0.1, -0.05) is 37.3 Å². The van der Waals surface area contributed by atoms with Crippen LogP contribution in [0.15, 0.2) is 72.3 Å². The standard InChI is InChI=1S/C31H31NO6/c1-6-20-10-12-21(13-11-20)27-26(28(33)22-14-15-25(19(4)16-22)38-18(2)3)29(34)30(35)32(27)24-9-7-8-23(17-24)31(36)37-5/h7-18,27,33H,6H2,1-5H3/b28-26+. The van der Waals surface area contributed by atoms with Crippen LogP contribution in [0, 0.1) is 6.92 Å². The van der Waals surface area contributed by atoms with Gasteiger partial charge in [0.05, 0.1) is 30.4 Å². The molecule has 38 heavy (non-hydrogen) atoms. The second-order valence-corrected chi connectivity index (χ2v) is 9.45. The number of anilines is 1. The molecule has 0 bridgehead atoms. The molecular formula is C31H31NO6. The normalized spacial score (nSPS) is 16.7. The number of aryl methyl sites for hydroxylation is 2. The fourth-order valence-electron chi connectivity index (χ4n) is 4.59. The molecule has 1 heterocycles. The Morgan fingerprint density at radius 1 is 1.00 bits per heavy atom. The average Bonchev–Trinajstić information content (AvgIpc) is 3.18. The zero-order chi connectivity index (χ0) is 27.6. The predicted molar refractivity (Wildman–Crippen MR) is 145 cm³/mol. The molecule has 1 aliphatic heterocycles. The first-order valence-electron chi connectivity index (χ1n) is 12.5. The summed E-state index contributed by atoms with van der Waals surface area (Å²) in [6.45, 7) is 7.74. The van der Waals surface area contributed by atoms with Gasteiger partial charge in [0.15, 0.2) is 0 Å². The fourth-order valence-corrected chi connectivity index (χ4v) is 4.59. The van der Waals surface area contributed by atoms with E-state index in [-0.39, 0.29) is 23.0 Å². The first-order valence-corrected chi connectivity index (χ1v) is 12.5. The van der Waals surface area contributed by atoms with Gasteiger partial charge in [-0.3, -0.25) is 14.5 Å². The average molecular weight is 514 g/mol. The van der Waals surface area contributed by atoms with Crippen molar-refractivity contribution in [2.45, 2.75) is 46.3 Å². The van der Waals surface area contributed by atoms with Gasteiger partial charge in [0.25, 0.3) is 11.7 Å². The molecule has 1 atom stereocenters. The summed E-state index contributed by atoms with van der Waals surface area (Å²) in [6, 6.07) is 18.2. The number of carbonyl (C=O) groups excluding carboxylic acids is 3. The minimum Gasteiger partial charge on any atom is -0.507 e. The lowest BCUT2D eigenvalue weighted by Gasteiger charge is -2.26. The van der Waals surface area contributed by atoms with Crippen LogP contribution in [-0.4, -0.2) is 36.0 Å². The number of hydrogen-bond donors (Lipinski definition) is 1. The van der Waals surface area contributed by atoms with Crippen molar-refractivity contribution in [2.24, 2.45) is 0 Å². The van der Waals surface area contributed by atoms with Gasteiger partial charge in [0, 0.05) is 11.3 Å². The van der Waals surface area contributed by atoms with Gasteiger partial charge in [0.2, 0.25) is 0 Å². The molecule has 1 amide bonds. The number of Topliss-reactive ketones (excluding diaryl/α,β-unsaturated/α-hetero) is 1. The Morgan fingerprint density at radius 2 is 1.71 bits per heavy atom. The zero-order valence-electron chi connectivity index (χ0n) is 22.1. The van der Waals surface area contributed by atoms with Crippen LogP contribution in [0.25, 0.3) is 5.76 Å². The van der Waals surface area contributed by atoms with E-state index in [4.69, 9.17) is 9.47 Å². The fraction of sp³-hybridized carbons (Fsp3) is 0.258. The lowest BCUT2D eigenvalue weighted by molar-refractivity contribution is -0.132. The summed E-state index contributed by atoms with van der Waals surface area (Å²) in [4.78, 5) is 40.4. The molecule has 0 aromatic heterocycles. The Labute approximate surface area is 222 Å². The molecule has 1 unspecified atom stereocenters. The van der Waals surface area contributed by atoms with Crippen LogP contribution in [0.4, 0.5) is 5.69 Å². The van der Waals surface area contributed by atoms with Gasteiger partial charge in [-0.25, -0.2) is 4.79 Å². The molecule has 1 fully saturated rings. The highest BCUT2D eigenvalue weighted by molar-refractivity contribution is 6.51. The number of ether oxygens (including phenoxy) is 2. The predicted octanol–water partition coefficient (Wildman–Crippen LogP) is 5.76. The number of nitrogens with zero attached hydrogens (tertiary/aromatic N) is 1. The Morgan fingerprint density at radius 3 is 2.32 bits per heavy atom. The number of benzene rings is 3. The molecule has 0 radical (unpaired) electrons. The topological polar surface area (TPSA) is 93.1 Å². The SMILES string of the molecule is CCc1ccc(C2/C(=C(\O)c3ccc(OC(C)C)c(C)c3)C(=O)C(=O)N2c2cccc(C(=O)OC)c2)cc1. The number of esters is 1. The van der Waals surface area contributed by atoms with Crippen LogP contribution < -0.4 is 9.64 Å². The van der Waals surface area contributed by atoms with Crippen molar-refractivity contribution in [1.82, 2.24) is 0 Å². The van der Waals surface area contributed by atoms with E-state index in [1.807, 2.05) is 52.0 Å². The molecule has 1 saturated heterocycles. The van der Waals surface area contributed by atoms with Crippen LogP contribution in [0.5, 0.6) is 5.75 Å². The molecule has 7 heteroatoms. The summed E-state index contributed by atoms with van der Waals surface area (Å²) < 4.78 is 10.6. The minimum atomic E-state index is -0.902. The van der Waals surface area contributed by atoms with E-state index >= 15 is 0 Å². The van der Waals surface area contributed by atoms with Gasteiger partial charge >= 0.3 is 5.97 Å². The first-order chi connectivity index (χ1) is 18.2. The number of methoxy groups -OCH3 is 1. The third-order valence-electron chi connectivity index (χ3n) is 6.50. The van der Waals surface area contributed by atoms with E-state index in [1.54, 1.807) is 36.4 Å². The largest absolute Gasteiger partial charge is 0.507 e. The quantitative estimate of drug-likeness (QED) is 0.187. The van der Waals surface area contributed by atoms with Gasteiger partial charge in [-0.2, -0.15) is 0 Å². The van der Waals surface area contributed by atoms with Crippen molar-refractivity contribution in [3.63, 3.8) is 0 Å². The lowest BCUT2D eigenvalue weighted by Crippen LogP contribution is -2.29. The number of aliphatic hydroxyl groups is 1. The number of rotatable bonds is 7. The van der Waals surface area contributed by atoms with Crippen LogP contribution in [0.2, 0.25) is 0 Å². The molecule has 0 saturated carbocycles. The minimum absolute atomic E-state index is 0.0229. The molecule has 7 nitrogen and oxygen atoms in total. The number of carbonyl (C=O) groups is 3. The van der Waals surface area contributed by atoms with Crippen molar-refractivity contribution in [3.8, 4) is 5.75 Å². The second kappa shape index (κ2) is 10.9. The molecule has 3 aromatic carbocycles. The van der Waals surface area contributed by atoms with E-state index in [0.717, 1.165) is 17.5 Å². The molecule has 196 valence electrons. The molecule has 1 aliphatic rings. The zero-order valence-corrected chi connectivity index (χ0v) is 22.1. The molecule has 4 rings (SSSR count). The lowest BCUT2D eigenvalue weighted by atomic mass is 9.93. The third kappa shape index (κ3) is 5.05.